The van der Waals surface area contributed by atoms with Gasteiger partial charge in [0.2, 0.25) is 0 Å². The van der Waals surface area contributed by atoms with Crippen molar-refractivity contribution >= 4 is 5.96 Å². The Morgan fingerprint density at radius 3 is 2.59 bits per heavy atom. The molecule has 1 unspecified atom stereocenters. The Hall–Kier alpha value is -3.08. The molecule has 0 radical (unpaired) electrons. The van der Waals surface area contributed by atoms with Crippen molar-refractivity contribution in [3.8, 4) is 6.07 Å². The van der Waals surface area contributed by atoms with E-state index in [4.69, 9.17) is 5.26 Å². The summed E-state index contributed by atoms with van der Waals surface area (Å²) in [6, 6.07) is 10.5. The second-order valence-electron chi connectivity index (χ2n) is 5.83. The van der Waals surface area contributed by atoms with Crippen LogP contribution in [0.4, 0.5) is 17.6 Å². The molecule has 2 aromatic rings. The standard InChI is InChI=1S/C19H18F4N4/c1-12(14-4-3-5-16(9-14)19(21,22)23)27-18(25-2)26-11-15-8-13(10-24)6-7-17(15)20/h3-9,12H,11H2,1-2H3,(H2,25,26,27). The van der Waals surface area contributed by atoms with E-state index in [0.29, 0.717) is 17.1 Å². The van der Waals surface area contributed by atoms with Crippen molar-refractivity contribution in [3.63, 3.8) is 0 Å². The van der Waals surface area contributed by atoms with Crippen molar-refractivity contribution in [2.24, 2.45) is 4.99 Å². The fourth-order valence-corrected chi connectivity index (χ4v) is 2.43. The molecule has 0 saturated heterocycles. The Labute approximate surface area is 154 Å². The molecule has 0 aliphatic carbocycles. The first-order valence-electron chi connectivity index (χ1n) is 8.07. The van der Waals surface area contributed by atoms with Gasteiger partial charge in [-0.15, -0.1) is 0 Å². The van der Waals surface area contributed by atoms with Gasteiger partial charge in [0.05, 0.1) is 23.2 Å². The normalized spacial score (nSPS) is 13.0. The molecule has 0 aromatic heterocycles. The first-order valence-corrected chi connectivity index (χ1v) is 8.07. The number of nitriles is 1. The zero-order chi connectivity index (χ0) is 20.0. The molecule has 1 atom stereocenters. The molecule has 0 fully saturated rings. The average molecular weight is 378 g/mol. The minimum atomic E-state index is -4.42. The van der Waals surface area contributed by atoms with Crippen LogP contribution >= 0.6 is 0 Å². The van der Waals surface area contributed by atoms with E-state index in [1.807, 2.05) is 6.07 Å². The van der Waals surface area contributed by atoms with Crippen LogP contribution < -0.4 is 10.6 Å². The van der Waals surface area contributed by atoms with Crippen LogP contribution in [-0.4, -0.2) is 13.0 Å². The highest BCUT2D eigenvalue weighted by molar-refractivity contribution is 5.80. The van der Waals surface area contributed by atoms with Crippen LogP contribution in [0, 0.1) is 17.1 Å². The fourth-order valence-electron chi connectivity index (χ4n) is 2.43. The number of hydrogen-bond donors (Lipinski definition) is 2. The smallest absolute Gasteiger partial charge is 0.352 e. The second-order valence-corrected chi connectivity index (χ2v) is 5.83. The monoisotopic (exact) mass is 378 g/mol. The van der Waals surface area contributed by atoms with Crippen molar-refractivity contribution in [1.82, 2.24) is 10.6 Å². The second kappa shape index (κ2) is 8.54. The average Bonchev–Trinajstić information content (AvgIpc) is 2.65. The molecule has 0 aliphatic rings. The number of aliphatic imine (C=N–C) groups is 1. The van der Waals surface area contributed by atoms with Crippen molar-refractivity contribution < 1.29 is 17.6 Å². The third kappa shape index (κ3) is 5.45. The minimum Gasteiger partial charge on any atom is -0.352 e. The number of nitrogens with one attached hydrogen (secondary N) is 2. The maximum atomic E-state index is 13.8. The summed E-state index contributed by atoms with van der Waals surface area (Å²) >= 11 is 0. The third-order valence-corrected chi connectivity index (χ3v) is 3.91. The summed E-state index contributed by atoms with van der Waals surface area (Å²) in [4.78, 5) is 4.00. The van der Waals surface area contributed by atoms with Crippen molar-refractivity contribution in [2.45, 2.75) is 25.7 Å². The number of nitrogens with zero attached hydrogens (tertiary/aromatic N) is 2. The van der Waals surface area contributed by atoms with Gasteiger partial charge in [0.25, 0.3) is 0 Å². The lowest BCUT2D eigenvalue weighted by Gasteiger charge is -2.19. The van der Waals surface area contributed by atoms with E-state index in [2.05, 4.69) is 15.6 Å². The molecule has 0 aliphatic heterocycles. The maximum absolute atomic E-state index is 13.8. The van der Waals surface area contributed by atoms with Crippen molar-refractivity contribution in [3.05, 3.63) is 70.5 Å². The Kier molecular flexibility index (Phi) is 6.40. The lowest BCUT2D eigenvalue weighted by Crippen LogP contribution is -2.38. The molecule has 0 spiro atoms. The zero-order valence-electron chi connectivity index (χ0n) is 14.7. The SMILES string of the molecule is CN=C(NCc1cc(C#N)ccc1F)NC(C)c1cccc(C(F)(F)F)c1. The molecule has 0 saturated carbocycles. The van der Waals surface area contributed by atoms with Crippen LogP contribution in [0.3, 0.4) is 0 Å². The lowest BCUT2D eigenvalue weighted by atomic mass is 10.1. The van der Waals surface area contributed by atoms with E-state index in [-0.39, 0.29) is 12.1 Å². The first kappa shape index (κ1) is 20.2. The highest BCUT2D eigenvalue weighted by Gasteiger charge is 2.30. The number of alkyl halides is 3. The van der Waals surface area contributed by atoms with Gasteiger partial charge in [-0.1, -0.05) is 12.1 Å². The van der Waals surface area contributed by atoms with Crippen LogP contribution in [0.2, 0.25) is 0 Å². The number of rotatable bonds is 4. The highest BCUT2D eigenvalue weighted by atomic mass is 19.4. The Morgan fingerprint density at radius 1 is 1.22 bits per heavy atom. The lowest BCUT2D eigenvalue weighted by molar-refractivity contribution is -0.137. The third-order valence-electron chi connectivity index (χ3n) is 3.91. The van der Waals surface area contributed by atoms with Gasteiger partial charge in [0.15, 0.2) is 5.96 Å². The van der Waals surface area contributed by atoms with Gasteiger partial charge in [0, 0.05) is 19.2 Å². The summed E-state index contributed by atoms with van der Waals surface area (Å²) < 4.78 is 52.4. The minimum absolute atomic E-state index is 0.0658. The Morgan fingerprint density at radius 2 is 1.96 bits per heavy atom. The molecule has 0 heterocycles. The molecule has 2 rings (SSSR count). The van der Waals surface area contributed by atoms with Gasteiger partial charge in [-0.2, -0.15) is 18.4 Å². The molecule has 2 aromatic carbocycles. The zero-order valence-corrected chi connectivity index (χ0v) is 14.7. The summed E-state index contributed by atoms with van der Waals surface area (Å²) in [5.41, 5.74) is 0.314. The van der Waals surface area contributed by atoms with Crippen LogP contribution in [0.5, 0.6) is 0 Å². The molecular formula is C19H18F4N4. The van der Waals surface area contributed by atoms with E-state index < -0.39 is 23.6 Å². The van der Waals surface area contributed by atoms with Crippen LogP contribution in [-0.2, 0) is 12.7 Å². The number of guanidine groups is 1. The quantitative estimate of drug-likeness (QED) is 0.478. The van der Waals surface area contributed by atoms with Crippen molar-refractivity contribution in [2.75, 3.05) is 7.05 Å². The van der Waals surface area contributed by atoms with Crippen LogP contribution in [0.1, 0.15) is 35.2 Å². The summed E-state index contributed by atoms with van der Waals surface area (Å²) in [5, 5.41) is 14.7. The fraction of sp³-hybridized carbons (Fsp3) is 0.263. The molecule has 142 valence electrons. The van der Waals surface area contributed by atoms with Gasteiger partial charge >= 0.3 is 6.18 Å². The van der Waals surface area contributed by atoms with Gasteiger partial charge in [-0.05, 0) is 42.8 Å². The van der Waals surface area contributed by atoms with E-state index in [1.54, 1.807) is 13.0 Å². The van der Waals surface area contributed by atoms with E-state index in [9.17, 15) is 17.6 Å². The summed E-state index contributed by atoms with van der Waals surface area (Å²) in [7, 11) is 1.50. The van der Waals surface area contributed by atoms with Gasteiger partial charge in [-0.25, -0.2) is 4.39 Å². The van der Waals surface area contributed by atoms with E-state index in [0.717, 1.165) is 12.1 Å². The predicted molar refractivity (Wildman–Crippen MR) is 94.3 cm³/mol. The number of benzene rings is 2. The van der Waals surface area contributed by atoms with Gasteiger partial charge in [0.1, 0.15) is 5.82 Å². The highest BCUT2D eigenvalue weighted by Crippen LogP contribution is 2.30. The van der Waals surface area contributed by atoms with Gasteiger partial charge in [-0.3, -0.25) is 4.99 Å². The number of hydrogen-bond acceptors (Lipinski definition) is 2. The first-order chi connectivity index (χ1) is 12.7. The van der Waals surface area contributed by atoms with Gasteiger partial charge < -0.3 is 10.6 Å². The summed E-state index contributed by atoms with van der Waals surface area (Å²) in [6.07, 6.45) is -4.42. The molecule has 0 bridgehead atoms. The molecular weight excluding hydrogens is 360 g/mol. The van der Waals surface area contributed by atoms with E-state index >= 15 is 0 Å². The van der Waals surface area contributed by atoms with E-state index in [1.165, 1.54) is 31.3 Å². The van der Waals surface area contributed by atoms with Crippen molar-refractivity contribution in [1.29, 1.82) is 5.26 Å². The molecule has 4 nitrogen and oxygen atoms in total. The summed E-state index contributed by atoms with van der Waals surface area (Å²) in [6.45, 7) is 1.76. The Balaban J connectivity index is 2.06. The Bertz CT molecular complexity index is 869. The van der Waals surface area contributed by atoms with Crippen LogP contribution in [0.15, 0.2) is 47.5 Å². The topological polar surface area (TPSA) is 60.2 Å². The predicted octanol–water partition coefficient (Wildman–Crippen LogP) is 4.14. The molecule has 27 heavy (non-hydrogen) atoms. The molecule has 0 amide bonds. The molecule has 8 heteroatoms. The number of halogens is 4. The molecule has 2 N–H and O–H groups in total. The summed E-state index contributed by atoms with van der Waals surface area (Å²) in [5.74, 6) is -0.176. The maximum Gasteiger partial charge on any atom is 0.416 e. The largest absolute Gasteiger partial charge is 0.416 e. The van der Waals surface area contributed by atoms with Crippen LogP contribution in [0.25, 0.3) is 0 Å².